The number of carbonyl (C=O) groups is 1. The summed E-state index contributed by atoms with van der Waals surface area (Å²) in [5, 5.41) is 12.2. The maximum atomic E-state index is 10.8. The number of likely N-dealkylation sites (N-methyl/N-ethyl adjacent to an activating group) is 1. The molecule has 5 nitrogen and oxygen atoms in total. The molecule has 0 saturated heterocycles. The molecule has 1 saturated carbocycles. The van der Waals surface area contributed by atoms with Gasteiger partial charge in [-0.15, -0.1) is 0 Å². The lowest BCUT2D eigenvalue weighted by atomic mass is 10.2. The van der Waals surface area contributed by atoms with E-state index in [1.807, 2.05) is 0 Å². The fourth-order valence-corrected chi connectivity index (χ4v) is 2.01. The summed E-state index contributed by atoms with van der Waals surface area (Å²) in [7, 11) is 2.14. The smallest absolute Gasteiger partial charge is 0.339 e. The number of furan rings is 1. The highest BCUT2D eigenvalue weighted by Gasteiger charge is 2.25. The Hall–Kier alpha value is -1.33. The number of nitrogens with one attached hydrogen (secondary N) is 1. The van der Waals surface area contributed by atoms with Crippen LogP contribution in [0.4, 0.5) is 0 Å². The van der Waals surface area contributed by atoms with Gasteiger partial charge in [-0.05, 0) is 32.9 Å². The summed E-state index contributed by atoms with van der Waals surface area (Å²) >= 11 is 0. The maximum absolute atomic E-state index is 10.8. The topological polar surface area (TPSA) is 65.7 Å². The van der Waals surface area contributed by atoms with Crippen molar-refractivity contribution in [2.24, 2.45) is 0 Å². The van der Waals surface area contributed by atoms with Crippen molar-refractivity contribution in [3.8, 4) is 0 Å². The molecule has 0 spiro atoms. The van der Waals surface area contributed by atoms with Crippen LogP contribution in [0, 0.1) is 6.92 Å². The summed E-state index contributed by atoms with van der Waals surface area (Å²) in [6, 6.07) is 2.37. The standard InChI is InChI=1S/C13H20N2O3/c1-9-12(13(16)17)7-11(18-9)8-14-5-6-15(2)10-3-4-10/h7,10,14H,3-6,8H2,1-2H3,(H,16,17). The Bertz CT molecular complexity index is 424. The van der Waals surface area contributed by atoms with Crippen molar-refractivity contribution < 1.29 is 14.3 Å². The summed E-state index contributed by atoms with van der Waals surface area (Å²) in [4.78, 5) is 13.2. The predicted octanol–water partition coefficient (Wildman–Crippen LogP) is 1.47. The summed E-state index contributed by atoms with van der Waals surface area (Å²) < 4.78 is 5.39. The lowest BCUT2D eigenvalue weighted by molar-refractivity contribution is 0.0695. The van der Waals surface area contributed by atoms with Gasteiger partial charge in [0.2, 0.25) is 0 Å². The van der Waals surface area contributed by atoms with E-state index in [4.69, 9.17) is 9.52 Å². The second kappa shape index (κ2) is 5.54. The fraction of sp³-hybridized carbons (Fsp3) is 0.615. The summed E-state index contributed by atoms with van der Waals surface area (Å²) in [6.45, 7) is 4.14. The van der Waals surface area contributed by atoms with Crippen LogP contribution in [0.25, 0.3) is 0 Å². The molecule has 1 aromatic rings. The van der Waals surface area contributed by atoms with E-state index in [0.29, 0.717) is 18.1 Å². The minimum Gasteiger partial charge on any atom is -0.478 e. The maximum Gasteiger partial charge on any atom is 0.339 e. The van der Waals surface area contributed by atoms with Crippen LogP contribution < -0.4 is 5.32 Å². The Morgan fingerprint density at radius 3 is 2.89 bits per heavy atom. The van der Waals surface area contributed by atoms with Gasteiger partial charge >= 0.3 is 5.97 Å². The van der Waals surface area contributed by atoms with E-state index < -0.39 is 5.97 Å². The molecule has 5 heteroatoms. The molecule has 1 aromatic heterocycles. The number of hydrogen-bond donors (Lipinski definition) is 2. The highest BCUT2D eigenvalue weighted by Crippen LogP contribution is 2.24. The normalized spacial score (nSPS) is 15.3. The van der Waals surface area contributed by atoms with Crippen LogP contribution >= 0.6 is 0 Å². The Labute approximate surface area is 107 Å². The monoisotopic (exact) mass is 252 g/mol. The van der Waals surface area contributed by atoms with E-state index >= 15 is 0 Å². The third kappa shape index (κ3) is 3.34. The number of rotatable bonds is 7. The van der Waals surface area contributed by atoms with Crippen molar-refractivity contribution in [1.29, 1.82) is 0 Å². The van der Waals surface area contributed by atoms with Gasteiger partial charge in [0.25, 0.3) is 0 Å². The Balaban J connectivity index is 1.72. The van der Waals surface area contributed by atoms with Crippen LogP contribution in [0.2, 0.25) is 0 Å². The first-order chi connectivity index (χ1) is 8.58. The number of aryl methyl sites for hydroxylation is 1. The van der Waals surface area contributed by atoms with Gasteiger partial charge in [0.05, 0.1) is 6.54 Å². The zero-order chi connectivity index (χ0) is 13.1. The SMILES string of the molecule is Cc1oc(CNCCN(C)C2CC2)cc1C(=O)O. The number of carboxylic acids is 1. The molecule has 0 bridgehead atoms. The lowest BCUT2D eigenvalue weighted by Gasteiger charge is -2.15. The zero-order valence-electron chi connectivity index (χ0n) is 10.9. The number of hydrogen-bond acceptors (Lipinski definition) is 4. The van der Waals surface area contributed by atoms with Crippen LogP contribution in [0.5, 0.6) is 0 Å². The first-order valence-corrected chi connectivity index (χ1v) is 6.31. The van der Waals surface area contributed by atoms with Gasteiger partial charge in [-0.2, -0.15) is 0 Å². The molecule has 1 fully saturated rings. The van der Waals surface area contributed by atoms with Crippen LogP contribution in [0.3, 0.4) is 0 Å². The third-order valence-electron chi connectivity index (χ3n) is 3.31. The quantitative estimate of drug-likeness (QED) is 0.719. The molecule has 100 valence electrons. The van der Waals surface area contributed by atoms with Crippen LogP contribution in [0.1, 0.15) is 34.7 Å². The van der Waals surface area contributed by atoms with Crippen LogP contribution in [-0.2, 0) is 6.54 Å². The minimum absolute atomic E-state index is 0.252. The first kappa shape index (κ1) is 13.1. The Kier molecular flexibility index (Phi) is 4.04. The number of carboxylic acid groups (broad SMARTS) is 1. The van der Waals surface area contributed by atoms with E-state index in [9.17, 15) is 4.79 Å². The minimum atomic E-state index is -0.934. The summed E-state index contributed by atoms with van der Waals surface area (Å²) in [5.74, 6) is 0.212. The molecule has 0 aromatic carbocycles. The highest BCUT2D eigenvalue weighted by molar-refractivity contribution is 5.88. The number of nitrogens with zero attached hydrogens (tertiary/aromatic N) is 1. The molecule has 1 aliphatic rings. The van der Waals surface area contributed by atoms with E-state index in [2.05, 4.69) is 17.3 Å². The Morgan fingerprint density at radius 1 is 1.61 bits per heavy atom. The van der Waals surface area contributed by atoms with Gasteiger partial charge < -0.3 is 19.7 Å². The van der Waals surface area contributed by atoms with Gasteiger partial charge in [0, 0.05) is 19.1 Å². The molecule has 0 aliphatic heterocycles. The van der Waals surface area contributed by atoms with Crippen LogP contribution in [0.15, 0.2) is 10.5 Å². The van der Waals surface area contributed by atoms with E-state index in [1.165, 1.54) is 12.8 Å². The average molecular weight is 252 g/mol. The number of aromatic carboxylic acids is 1. The lowest BCUT2D eigenvalue weighted by Crippen LogP contribution is -2.30. The molecular weight excluding hydrogens is 232 g/mol. The fourth-order valence-electron chi connectivity index (χ4n) is 2.01. The third-order valence-corrected chi connectivity index (χ3v) is 3.31. The van der Waals surface area contributed by atoms with Crippen molar-refractivity contribution in [3.05, 3.63) is 23.2 Å². The van der Waals surface area contributed by atoms with E-state index in [0.717, 1.165) is 19.1 Å². The molecular formula is C13H20N2O3. The largest absolute Gasteiger partial charge is 0.478 e. The summed E-state index contributed by atoms with van der Waals surface area (Å²) in [5.41, 5.74) is 0.252. The van der Waals surface area contributed by atoms with E-state index in [-0.39, 0.29) is 5.56 Å². The van der Waals surface area contributed by atoms with Crippen molar-refractivity contribution in [1.82, 2.24) is 10.2 Å². The zero-order valence-corrected chi connectivity index (χ0v) is 10.9. The van der Waals surface area contributed by atoms with Crippen molar-refractivity contribution >= 4 is 5.97 Å². The average Bonchev–Trinajstić information content (AvgIpc) is 3.08. The molecule has 1 heterocycles. The molecule has 0 unspecified atom stereocenters. The van der Waals surface area contributed by atoms with Gasteiger partial charge in [-0.1, -0.05) is 0 Å². The van der Waals surface area contributed by atoms with Gasteiger partial charge in [-0.3, -0.25) is 0 Å². The molecule has 1 aliphatic carbocycles. The van der Waals surface area contributed by atoms with Gasteiger partial charge in [0.1, 0.15) is 17.1 Å². The molecule has 0 atom stereocenters. The van der Waals surface area contributed by atoms with Crippen molar-refractivity contribution in [2.75, 3.05) is 20.1 Å². The van der Waals surface area contributed by atoms with Gasteiger partial charge in [0.15, 0.2) is 0 Å². The van der Waals surface area contributed by atoms with Gasteiger partial charge in [-0.25, -0.2) is 4.79 Å². The van der Waals surface area contributed by atoms with Crippen molar-refractivity contribution in [2.45, 2.75) is 32.4 Å². The molecule has 2 N–H and O–H groups in total. The predicted molar refractivity (Wildman–Crippen MR) is 67.8 cm³/mol. The van der Waals surface area contributed by atoms with Crippen molar-refractivity contribution in [3.63, 3.8) is 0 Å². The first-order valence-electron chi connectivity index (χ1n) is 6.31. The molecule has 0 amide bonds. The second-order valence-corrected chi connectivity index (χ2v) is 4.88. The molecule has 0 radical (unpaired) electrons. The summed E-state index contributed by atoms with van der Waals surface area (Å²) in [6.07, 6.45) is 2.63. The Morgan fingerprint density at radius 2 is 2.33 bits per heavy atom. The molecule has 2 rings (SSSR count). The second-order valence-electron chi connectivity index (χ2n) is 4.88. The molecule has 18 heavy (non-hydrogen) atoms. The van der Waals surface area contributed by atoms with E-state index in [1.54, 1.807) is 13.0 Å². The van der Waals surface area contributed by atoms with Crippen LogP contribution in [-0.4, -0.2) is 42.2 Å². The highest BCUT2D eigenvalue weighted by atomic mass is 16.4.